The second-order valence-electron chi connectivity index (χ2n) is 6.83. The van der Waals surface area contributed by atoms with Crippen LogP contribution in [0.4, 0.5) is 4.79 Å². The number of carbonyl (C=O) groups is 2. The van der Waals surface area contributed by atoms with Gasteiger partial charge in [-0.2, -0.15) is 0 Å². The summed E-state index contributed by atoms with van der Waals surface area (Å²) in [6.45, 7) is 6.67. The van der Waals surface area contributed by atoms with Crippen molar-refractivity contribution in [3.63, 3.8) is 0 Å². The first-order valence-corrected chi connectivity index (χ1v) is 8.40. The lowest BCUT2D eigenvalue weighted by atomic mass is 10.2. The van der Waals surface area contributed by atoms with Crippen molar-refractivity contribution in [2.45, 2.75) is 45.4 Å². The number of amides is 2. The lowest BCUT2D eigenvalue weighted by Crippen LogP contribution is -2.51. The number of rotatable bonds is 6. The number of hydrogen-bond donors (Lipinski definition) is 1. The van der Waals surface area contributed by atoms with Crippen molar-refractivity contribution in [3.8, 4) is 0 Å². The fourth-order valence-electron chi connectivity index (χ4n) is 2.29. The van der Waals surface area contributed by atoms with E-state index in [-0.39, 0.29) is 12.5 Å². The molecule has 1 aliphatic heterocycles. The largest absolute Gasteiger partial charge is 0.444 e. The van der Waals surface area contributed by atoms with Crippen LogP contribution in [0.15, 0.2) is 30.3 Å². The Morgan fingerprint density at radius 1 is 1.28 bits per heavy atom. The van der Waals surface area contributed by atoms with Crippen molar-refractivity contribution < 1.29 is 23.9 Å². The highest BCUT2D eigenvalue weighted by molar-refractivity contribution is 5.85. The maximum absolute atomic E-state index is 12.5. The van der Waals surface area contributed by atoms with Gasteiger partial charge in [-0.25, -0.2) is 9.86 Å². The SMILES string of the molecule is CC(C)(C)OC(=O)N[C@H](COCc1ccccc1)C(=O)N1CCCO1. The van der Waals surface area contributed by atoms with E-state index in [0.717, 1.165) is 12.0 Å². The molecule has 1 aliphatic rings. The van der Waals surface area contributed by atoms with Crippen LogP contribution < -0.4 is 5.32 Å². The van der Waals surface area contributed by atoms with Gasteiger partial charge in [0.15, 0.2) is 0 Å². The predicted molar refractivity (Wildman–Crippen MR) is 91.5 cm³/mol. The molecule has 138 valence electrons. The van der Waals surface area contributed by atoms with E-state index < -0.39 is 17.7 Å². The summed E-state index contributed by atoms with van der Waals surface area (Å²) in [4.78, 5) is 29.8. The van der Waals surface area contributed by atoms with Crippen LogP contribution in [0.5, 0.6) is 0 Å². The first kappa shape index (κ1) is 19.2. The highest BCUT2D eigenvalue weighted by atomic mass is 16.7. The van der Waals surface area contributed by atoms with Crippen LogP contribution in [0.2, 0.25) is 0 Å². The molecule has 1 heterocycles. The van der Waals surface area contributed by atoms with Gasteiger partial charge < -0.3 is 14.8 Å². The number of nitrogens with zero attached hydrogens (tertiary/aromatic N) is 1. The molecule has 1 fully saturated rings. The molecule has 1 saturated heterocycles. The Balaban J connectivity index is 1.93. The summed E-state index contributed by atoms with van der Waals surface area (Å²) >= 11 is 0. The molecular weight excluding hydrogens is 324 g/mol. The number of hydrogen-bond acceptors (Lipinski definition) is 5. The van der Waals surface area contributed by atoms with Crippen molar-refractivity contribution in [1.29, 1.82) is 0 Å². The molecule has 0 bridgehead atoms. The molecule has 0 radical (unpaired) electrons. The molecule has 0 spiro atoms. The van der Waals surface area contributed by atoms with Crippen LogP contribution >= 0.6 is 0 Å². The van der Waals surface area contributed by atoms with E-state index in [1.807, 2.05) is 30.3 Å². The normalized spacial score (nSPS) is 15.7. The van der Waals surface area contributed by atoms with Gasteiger partial charge in [0.2, 0.25) is 0 Å². The second kappa shape index (κ2) is 8.82. The molecule has 2 rings (SSSR count). The summed E-state index contributed by atoms with van der Waals surface area (Å²) < 4.78 is 10.8. The average molecular weight is 350 g/mol. The smallest absolute Gasteiger partial charge is 0.408 e. The lowest BCUT2D eigenvalue weighted by molar-refractivity contribution is -0.172. The quantitative estimate of drug-likeness (QED) is 0.851. The Morgan fingerprint density at radius 2 is 2.00 bits per heavy atom. The summed E-state index contributed by atoms with van der Waals surface area (Å²) in [6, 6.07) is 8.75. The first-order chi connectivity index (χ1) is 11.8. The Morgan fingerprint density at radius 3 is 2.60 bits per heavy atom. The van der Waals surface area contributed by atoms with Gasteiger partial charge in [0, 0.05) is 0 Å². The van der Waals surface area contributed by atoms with E-state index >= 15 is 0 Å². The van der Waals surface area contributed by atoms with Crippen molar-refractivity contribution >= 4 is 12.0 Å². The molecule has 7 nitrogen and oxygen atoms in total. The van der Waals surface area contributed by atoms with Gasteiger partial charge in [-0.15, -0.1) is 0 Å². The maximum Gasteiger partial charge on any atom is 0.408 e. The van der Waals surface area contributed by atoms with Gasteiger partial charge in [0.05, 0.1) is 26.4 Å². The molecule has 0 saturated carbocycles. The van der Waals surface area contributed by atoms with Gasteiger partial charge in [-0.1, -0.05) is 30.3 Å². The molecule has 1 aromatic rings. The summed E-state index contributed by atoms with van der Waals surface area (Å²) in [6.07, 6.45) is 0.115. The zero-order chi connectivity index (χ0) is 18.3. The van der Waals surface area contributed by atoms with Crippen LogP contribution in [-0.4, -0.2) is 48.5 Å². The van der Waals surface area contributed by atoms with E-state index in [2.05, 4.69) is 5.32 Å². The Hall–Kier alpha value is -2.12. The first-order valence-electron chi connectivity index (χ1n) is 8.40. The zero-order valence-corrected chi connectivity index (χ0v) is 15.0. The van der Waals surface area contributed by atoms with Crippen LogP contribution in [0.3, 0.4) is 0 Å². The van der Waals surface area contributed by atoms with Crippen LogP contribution in [0.1, 0.15) is 32.8 Å². The minimum atomic E-state index is -0.864. The molecule has 2 amide bonds. The molecule has 0 unspecified atom stereocenters. The monoisotopic (exact) mass is 350 g/mol. The third-order valence-corrected chi connectivity index (χ3v) is 3.38. The topological polar surface area (TPSA) is 77.1 Å². The molecule has 0 aliphatic carbocycles. The summed E-state index contributed by atoms with van der Waals surface area (Å²) in [5.41, 5.74) is 0.343. The third-order valence-electron chi connectivity index (χ3n) is 3.38. The Bertz CT molecular complexity index is 565. The van der Waals surface area contributed by atoms with E-state index in [1.54, 1.807) is 20.8 Å². The summed E-state index contributed by atoms with van der Waals surface area (Å²) in [5.74, 6) is -0.337. The van der Waals surface area contributed by atoms with Crippen LogP contribution in [-0.2, 0) is 25.7 Å². The third kappa shape index (κ3) is 6.72. The van der Waals surface area contributed by atoms with Crippen molar-refractivity contribution in [1.82, 2.24) is 10.4 Å². The number of benzene rings is 1. The molecule has 1 N–H and O–H groups in total. The highest BCUT2D eigenvalue weighted by Gasteiger charge is 2.30. The standard InChI is InChI=1S/C18H26N2O5/c1-18(2,3)25-17(22)19-15(16(21)20-10-7-11-24-20)13-23-12-14-8-5-4-6-9-14/h4-6,8-9,15H,7,10-13H2,1-3H3,(H,19,22)/t15-/m1/s1. The van der Waals surface area contributed by atoms with E-state index in [4.69, 9.17) is 14.3 Å². The molecule has 0 aromatic heterocycles. The number of ether oxygens (including phenoxy) is 2. The zero-order valence-electron chi connectivity index (χ0n) is 15.0. The fourth-order valence-corrected chi connectivity index (χ4v) is 2.29. The molecule has 7 heteroatoms. The number of carbonyl (C=O) groups excluding carboxylic acids is 2. The maximum atomic E-state index is 12.5. The number of alkyl carbamates (subject to hydrolysis) is 1. The predicted octanol–water partition coefficient (Wildman–Crippen LogP) is 2.26. The van der Waals surface area contributed by atoms with Crippen molar-refractivity contribution in [2.75, 3.05) is 19.8 Å². The lowest BCUT2D eigenvalue weighted by Gasteiger charge is -2.25. The summed E-state index contributed by atoms with van der Waals surface area (Å²) in [7, 11) is 0. The van der Waals surface area contributed by atoms with Crippen molar-refractivity contribution in [2.24, 2.45) is 0 Å². The minimum Gasteiger partial charge on any atom is -0.444 e. The molecule has 1 aromatic carbocycles. The van der Waals surface area contributed by atoms with Gasteiger partial charge in [0.25, 0.3) is 5.91 Å². The Kier molecular flexibility index (Phi) is 6.78. The highest BCUT2D eigenvalue weighted by Crippen LogP contribution is 2.10. The van der Waals surface area contributed by atoms with Gasteiger partial charge in [-0.05, 0) is 32.8 Å². The number of nitrogens with one attached hydrogen (secondary N) is 1. The van der Waals surface area contributed by atoms with Gasteiger partial charge >= 0.3 is 6.09 Å². The minimum absolute atomic E-state index is 0.0346. The molecule has 25 heavy (non-hydrogen) atoms. The molecule has 1 atom stereocenters. The van der Waals surface area contributed by atoms with Crippen LogP contribution in [0, 0.1) is 0 Å². The Labute approximate surface area is 148 Å². The molecular formula is C18H26N2O5. The van der Waals surface area contributed by atoms with E-state index in [9.17, 15) is 9.59 Å². The average Bonchev–Trinajstić information content (AvgIpc) is 3.07. The van der Waals surface area contributed by atoms with Gasteiger partial charge in [0.1, 0.15) is 11.6 Å². The summed E-state index contributed by atoms with van der Waals surface area (Å²) in [5, 5.41) is 3.85. The van der Waals surface area contributed by atoms with Gasteiger partial charge in [-0.3, -0.25) is 9.63 Å². The van der Waals surface area contributed by atoms with E-state index in [1.165, 1.54) is 5.06 Å². The second-order valence-corrected chi connectivity index (χ2v) is 6.83. The number of hydroxylamine groups is 2. The van der Waals surface area contributed by atoms with Crippen molar-refractivity contribution in [3.05, 3.63) is 35.9 Å². The van der Waals surface area contributed by atoms with E-state index in [0.29, 0.717) is 19.8 Å². The fraction of sp³-hybridized carbons (Fsp3) is 0.556. The van der Waals surface area contributed by atoms with Crippen LogP contribution in [0.25, 0.3) is 0 Å².